The van der Waals surface area contributed by atoms with Crippen LogP contribution in [0.5, 0.6) is 0 Å². The zero-order valence-electron chi connectivity index (χ0n) is 17.8. The summed E-state index contributed by atoms with van der Waals surface area (Å²) < 4.78 is 53.2. The minimum atomic E-state index is -4.19. The van der Waals surface area contributed by atoms with Gasteiger partial charge < -0.3 is 5.32 Å². The molecule has 1 heterocycles. The lowest BCUT2D eigenvalue weighted by Gasteiger charge is -2.33. The fraction of sp³-hybridized carbons (Fsp3) is 0.900. The van der Waals surface area contributed by atoms with E-state index in [1.165, 1.54) is 0 Å². The van der Waals surface area contributed by atoms with Gasteiger partial charge in [-0.05, 0) is 51.9 Å². The van der Waals surface area contributed by atoms with E-state index >= 15 is 0 Å². The summed E-state index contributed by atoms with van der Waals surface area (Å²) in [5.41, 5.74) is 5.93. The van der Waals surface area contributed by atoms with E-state index in [9.17, 15) is 22.4 Å². The molecule has 3 aliphatic rings. The van der Waals surface area contributed by atoms with Crippen LogP contribution < -0.4 is 21.5 Å². The molecule has 3 fully saturated rings. The molecule has 8 unspecified atom stereocenters. The molecule has 0 spiro atoms. The van der Waals surface area contributed by atoms with Gasteiger partial charge in [0.15, 0.2) is 5.96 Å². The van der Waals surface area contributed by atoms with Gasteiger partial charge in [-0.1, -0.05) is 6.92 Å². The third-order valence-electron chi connectivity index (χ3n) is 6.76. The first-order valence-corrected chi connectivity index (χ1v) is 11.5. The lowest BCUT2D eigenvalue weighted by atomic mass is 9.78. The van der Waals surface area contributed by atoms with Crippen LogP contribution in [0.2, 0.25) is 0 Å². The molecular weight excluding hydrogens is 438 g/mol. The highest BCUT2D eigenvalue weighted by molar-refractivity contribution is 6.21. The number of hydrazine groups is 1. The number of amides is 1. The van der Waals surface area contributed by atoms with E-state index in [1.54, 1.807) is 0 Å². The number of nitrogens with zero attached hydrogens (tertiary/aromatic N) is 1. The fourth-order valence-electron chi connectivity index (χ4n) is 4.58. The van der Waals surface area contributed by atoms with Gasteiger partial charge in [0.1, 0.15) is 12.3 Å². The second-order valence-electron chi connectivity index (χ2n) is 9.02. The number of alkyl halides is 5. The summed E-state index contributed by atoms with van der Waals surface area (Å²) in [6.45, 7) is 3.92. The third kappa shape index (κ3) is 6.22. The highest BCUT2D eigenvalue weighted by Gasteiger charge is 2.48. The van der Waals surface area contributed by atoms with Gasteiger partial charge in [-0.3, -0.25) is 15.5 Å². The number of rotatable bonds is 4. The summed E-state index contributed by atoms with van der Waals surface area (Å²) in [5, 5.41) is 5.39. The fourth-order valence-corrected chi connectivity index (χ4v) is 4.81. The molecular formula is C20H32ClF4N5O. The van der Waals surface area contributed by atoms with Gasteiger partial charge in [0.2, 0.25) is 5.91 Å². The van der Waals surface area contributed by atoms with E-state index < -0.39 is 35.7 Å². The van der Waals surface area contributed by atoms with E-state index in [2.05, 4.69) is 26.5 Å². The largest absolute Gasteiger partial charge is 0.391 e. The number of fused-ring (bicyclic) bond motifs is 1. The topological polar surface area (TPSA) is 77.6 Å². The zero-order chi connectivity index (χ0) is 22.8. The Hall–Kier alpha value is -1.13. The number of aliphatic imine (C=N–C) groups is 1. The maximum atomic E-state index is 14.0. The van der Waals surface area contributed by atoms with Crippen molar-refractivity contribution in [3.63, 3.8) is 0 Å². The lowest BCUT2D eigenvalue weighted by molar-refractivity contribution is -0.185. The third-order valence-corrected chi connectivity index (χ3v) is 7.25. The summed E-state index contributed by atoms with van der Waals surface area (Å²) in [6, 6.07) is -0.307. The standard InChI is InChI=1S/C20H32ClF4N5O/c1-3-10(2)26-19(28-18(31)11-4-7-14(21)15(22)8-11)27-17-13-6-5-12(20(23,24)25)9-16(13)29-30-17/h10-17,29-30H,3-9H2,1-2H3,(H2,26,27,28,31). The average Bonchev–Trinajstić information content (AvgIpc) is 3.11. The average molecular weight is 470 g/mol. The minimum Gasteiger partial charge on any atom is -0.354 e. The summed E-state index contributed by atoms with van der Waals surface area (Å²) in [5.74, 6) is -1.96. The Morgan fingerprint density at radius 2 is 1.94 bits per heavy atom. The van der Waals surface area contributed by atoms with Crippen LogP contribution in [-0.2, 0) is 4.79 Å². The quantitative estimate of drug-likeness (QED) is 0.220. The maximum absolute atomic E-state index is 14.0. The van der Waals surface area contributed by atoms with Gasteiger partial charge in [0.25, 0.3) is 0 Å². The van der Waals surface area contributed by atoms with Crippen LogP contribution in [0.4, 0.5) is 17.6 Å². The van der Waals surface area contributed by atoms with Gasteiger partial charge in [-0.15, -0.1) is 11.6 Å². The summed E-state index contributed by atoms with van der Waals surface area (Å²) in [7, 11) is 0. The number of hydrogen-bond donors (Lipinski definition) is 4. The first-order valence-electron chi connectivity index (χ1n) is 11.1. The molecule has 1 aliphatic heterocycles. The predicted octanol–water partition coefficient (Wildman–Crippen LogP) is 3.37. The van der Waals surface area contributed by atoms with Gasteiger partial charge >= 0.3 is 6.18 Å². The normalized spacial score (nSPS) is 37.8. The number of hydrogen-bond acceptors (Lipinski definition) is 4. The summed E-state index contributed by atoms with van der Waals surface area (Å²) >= 11 is 5.92. The number of carbonyl (C=O) groups excluding carboxylic acids is 1. The van der Waals surface area contributed by atoms with Gasteiger partial charge in [-0.2, -0.15) is 13.2 Å². The van der Waals surface area contributed by atoms with Crippen LogP contribution in [0.3, 0.4) is 0 Å². The van der Waals surface area contributed by atoms with Crippen molar-refractivity contribution in [1.82, 2.24) is 21.5 Å². The van der Waals surface area contributed by atoms with Crippen LogP contribution >= 0.6 is 11.6 Å². The Balaban J connectivity index is 1.67. The van der Waals surface area contributed by atoms with Crippen LogP contribution in [0.1, 0.15) is 58.8 Å². The molecule has 1 amide bonds. The summed E-state index contributed by atoms with van der Waals surface area (Å²) in [6.07, 6.45) is -3.62. The van der Waals surface area contributed by atoms with Crippen molar-refractivity contribution < 1.29 is 22.4 Å². The van der Waals surface area contributed by atoms with Crippen LogP contribution in [0, 0.1) is 17.8 Å². The van der Waals surface area contributed by atoms with E-state index in [0.29, 0.717) is 19.3 Å². The number of guanidine groups is 1. The highest BCUT2D eigenvalue weighted by atomic mass is 35.5. The molecule has 0 aromatic heterocycles. The molecule has 1 saturated heterocycles. The number of nitrogens with one attached hydrogen (secondary N) is 4. The van der Waals surface area contributed by atoms with Gasteiger partial charge in [0, 0.05) is 23.9 Å². The van der Waals surface area contributed by atoms with Crippen molar-refractivity contribution in [3.05, 3.63) is 0 Å². The van der Waals surface area contributed by atoms with E-state index in [1.807, 2.05) is 13.8 Å². The first-order chi connectivity index (χ1) is 14.6. The smallest absolute Gasteiger partial charge is 0.354 e. The molecule has 3 rings (SSSR count). The molecule has 0 aromatic rings. The van der Waals surface area contributed by atoms with Crippen LogP contribution in [0.25, 0.3) is 0 Å². The summed E-state index contributed by atoms with van der Waals surface area (Å²) in [4.78, 5) is 17.3. The van der Waals surface area contributed by atoms with Gasteiger partial charge in [-0.25, -0.2) is 14.8 Å². The predicted molar refractivity (Wildman–Crippen MR) is 111 cm³/mol. The van der Waals surface area contributed by atoms with Crippen molar-refractivity contribution >= 4 is 23.5 Å². The molecule has 6 nitrogen and oxygen atoms in total. The SMILES string of the molecule is CCC(C)N/C(=N\C1NNC2CC(C(F)(F)F)CCC21)NC(=O)C1CCC(Cl)C(F)C1. The Morgan fingerprint density at radius 3 is 2.58 bits per heavy atom. The maximum Gasteiger partial charge on any atom is 0.391 e. The van der Waals surface area contributed by atoms with Gasteiger partial charge in [0.05, 0.1) is 11.3 Å². The monoisotopic (exact) mass is 469 g/mol. The molecule has 31 heavy (non-hydrogen) atoms. The molecule has 8 atom stereocenters. The minimum absolute atomic E-state index is 0.00717. The molecule has 0 radical (unpaired) electrons. The highest BCUT2D eigenvalue weighted by Crippen LogP contribution is 2.42. The molecule has 178 valence electrons. The second-order valence-corrected chi connectivity index (χ2v) is 9.58. The number of halogens is 5. The Bertz CT molecular complexity index is 664. The van der Waals surface area contributed by atoms with E-state index in [-0.39, 0.29) is 49.1 Å². The van der Waals surface area contributed by atoms with Crippen molar-refractivity contribution in [2.75, 3.05) is 0 Å². The second kappa shape index (κ2) is 10.2. The van der Waals surface area contributed by atoms with Crippen LogP contribution in [0.15, 0.2) is 4.99 Å². The molecule has 0 bridgehead atoms. The van der Waals surface area contributed by atoms with E-state index in [0.717, 1.165) is 6.42 Å². The Morgan fingerprint density at radius 1 is 1.19 bits per heavy atom. The van der Waals surface area contributed by atoms with Crippen molar-refractivity contribution in [2.45, 2.75) is 94.8 Å². The molecule has 2 saturated carbocycles. The Kier molecular flexibility index (Phi) is 8.07. The Labute approximate surface area is 185 Å². The van der Waals surface area contributed by atoms with Crippen molar-refractivity contribution in [3.8, 4) is 0 Å². The van der Waals surface area contributed by atoms with Crippen molar-refractivity contribution in [1.29, 1.82) is 0 Å². The molecule has 4 N–H and O–H groups in total. The molecule has 0 aromatic carbocycles. The first kappa shape index (κ1) is 24.5. The van der Waals surface area contributed by atoms with E-state index in [4.69, 9.17) is 11.6 Å². The van der Waals surface area contributed by atoms with Crippen LogP contribution in [-0.4, -0.2) is 47.8 Å². The number of carbonyl (C=O) groups is 1. The molecule has 11 heteroatoms. The molecule has 2 aliphatic carbocycles. The lowest BCUT2D eigenvalue weighted by Crippen LogP contribution is -2.49. The zero-order valence-corrected chi connectivity index (χ0v) is 18.6. The van der Waals surface area contributed by atoms with Crippen molar-refractivity contribution in [2.24, 2.45) is 22.7 Å².